The van der Waals surface area contributed by atoms with E-state index < -0.39 is 0 Å². The lowest BCUT2D eigenvalue weighted by atomic mass is 10.0. The molecule has 0 atom stereocenters. The monoisotopic (exact) mass is 468 g/mol. The molecule has 5 nitrogen and oxygen atoms in total. The first-order valence-corrected chi connectivity index (χ1v) is 11.9. The molecule has 0 N–H and O–H groups in total. The maximum atomic E-state index is 12.0. The van der Waals surface area contributed by atoms with Crippen molar-refractivity contribution in [3.05, 3.63) is 89.6 Å². The van der Waals surface area contributed by atoms with Gasteiger partial charge in [-0.2, -0.15) is 0 Å². The van der Waals surface area contributed by atoms with E-state index in [1.807, 2.05) is 24.3 Å². The molecule has 5 heteroatoms. The lowest BCUT2D eigenvalue weighted by Crippen LogP contribution is -2.28. The molecule has 0 aliphatic carbocycles. The van der Waals surface area contributed by atoms with Gasteiger partial charge in [0.1, 0.15) is 11.6 Å². The molecule has 4 rings (SSSR count). The van der Waals surface area contributed by atoms with Gasteiger partial charge in [0.2, 0.25) is 0 Å². The number of hydrogen-bond donors (Lipinski definition) is 0. The Morgan fingerprint density at radius 3 is 2.34 bits per heavy atom. The van der Waals surface area contributed by atoms with E-state index >= 15 is 0 Å². The summed E-state index contributed by atoms with van der Waals surface area (Å²) in [4.78, 5) is 19.0. The lowest BCUT2D eigenvalue weighted by molar-refractivity contribution is 0.0601. The normalized spacial score (nSPS) is 11.0. The van der Waals surface area contributed by atoms with Gasteiger partial charge >= 0.3 is 5.97 Å². The Kier molecular flexibility index (Phi) is 7.35. The Hall–Kier alpha value is -3.86. The third-order valence-electron chi connectivity index (χ3n) is 6.11. The van der Waals surface area contributed by atoms with Crippen molar-refractivity contribution in [2.75, 3.05) is 25.7 Å². The largest absolute Gasteiger partial charge is 0.496 e. The second-order valence-corrected chi connectivity index (χ2v) is 9.22. The van der Waals surface area contributed by atoms with Crippen LogP contribution >= 0.6 is 0 Å². The number of hydrogen-bond acceptors (Lipinski definition) is 5. The lowest BCUT2D eigenvalue weighted by Gasteiger charge is -2.27. The van der Waals surface area contributed by atoms with Gasteiger partial charge in [-0.1, -0.05) is 44.2 Å². The summed E-state index contributed by atoms with van der Waals surface area (Å²) in [5.74, 6) is 1.94. The number of benzene rings is 3. The van der Waals surface area contributed by atoms with E-state index in [0.717, 1.165) is 41.0 Å². The van der Waals surface area contributed by atoms with Crippen LogP contribution in [0.3, 0.4) is 0 Å². The number of nitrogens with zero attached hydrogens (tertiary/aromatic N) is 2. The van der Waals surface area contributed by atoms with Gasteiger partial charge in [-0.3, -0.25) is 0 Å². The van der Waals surface area contributed by atoms with E-state index in [2.05, 4.69) is 62.1 Å². The third kappa shape index (κ3) is 5.46. The number of methoxy groups -OCH3 is 2. The first-order valence-electron chi connectivity index (χ1n) is 11.9. The second kappa shape index (κ2) is 10.6. The van der Waals surface area contributed by atoms with Gasteiger partial charge < -0.3 is 14.4 Å². The Morgan fingerprint density at radius 2 is 1.69 bits per heavy atom. The predicted octanol–water partition coefficient (Wildman–Crippen LogP) is 6.67. The van der Waals surface area contributed by atoms with Crippen LogP contribution < -0.4 is 9.64 Å². The van der Waals surface area contributed by atoms with Gasteiger partial charge in [-0.25, -0.2) is 9.78 Å². The first kappa shape index (κ1) is 24.3. The third-order valence-corrected chi connectivity index (χ3v) is 6.11. The van der Waals surface area contributed by atoms with Gasteiger partial charge in [0.15, 0.2) is 0 Å². The van der Waals surface area contributed by atoms with Crippen molar-refractivity contribution in [2.45, 2.75) is 27.3 Å². The fourth-order valence-corrected chi connectivity index (χ4v) is 4.41. The molecule has 0 spiro atoms. The molecule has 1 heterocycles. The molecular weight excluding hydrogens is 436 g/mol. The summed E-state index contributed by atoms with van der Waals surface area (Å²) in [6.07, 6.45) is 1.81. The van der Waals surface area contributed by atoms with Crippen molar-refractivity contribution >= 4 is 22.6 Å². The molecule has 35 heavy (non-hydrogen) atoms. The Bertz CT molecular complexity index is 1330. The van der Waals surface area contributed by atoms with Gasteiger partial charge in [0.25, 0.3) is 0 Å². The standard InChI is InChI=1S/C30H32N2O3/c1-20(2)18-32(29-27-12-10-26(30(33)35-5)17-25(27)14-15-31-29)19-22-6-8-23(9-7-22)24-11-13-28(34-4)21(3)16-24/h6-17,20H,18-19H2,1-5H3. The number of rotatable bonds is 8. The minimum atomic E-state index is -0.337. The topological polar surface area (TPSA) is 51.7 Å². The van der Waals surface area contributed by atoms with Crippen LogP contribution in [0.5, 0.6) is 5.75 Å². The van der Waals surface area contributed by atoms with Crippen LogP contribution in [0.2, 0.25) is 0 Å². The fourth-order valence-electron chi connectivity index (χ4n) is 4.41. The average Bonchev–Trinajstić information content (AvgIpc) is 2.87. The van der Waals surface area contributed by atoms with E-state index in [-0.39, 0.29) is 5.97 Å². The summed E-state index contributed by atoms with van der Waals surface area (Å²) >= 11 is 0. The van der Waals surface area contributed by atoms with Crippen molar-refractivity contribution in [1.29, 1.82) is 0 Å². The molecule has 0 bridgehead atoms. The van der Waals surface area contributed by atoms with Crippen LogP contribution in [0, 0.1) is 12.8 Å². The Labute approximate surface area is 207 Å². The van der Waals surface area contributed by atoms with Crippen molar-refractivity contribution in [3.63, 3.8) is 0 Å². The summed E-state index contributed by atoms with van der Waals surface area (Å²) in [7, 11) is 3.10. The van der Waals surface area contributed by atoms with Crippen LogP contribution in [0.1, 0.15) is 35.3 Å². The Balaban J connectivity index is 1.63. The number of esters is 1. The number of ether oxygens (including phenoxy) is 2. The minimum absolute atomic E-state index is 0.337. The van der Waals surface area contributed by atoms with Crippen molar-refractivity contribution < 1.29 is 14.3 Å². The number of pyridine rings is 1. The number of carbonyl (C=O) groups excluding carboxylic acids is 1. The molecule has 3 aromatic carbocycles. The second-order valence-electron chi connectivity index (χ2n) is 9.22. The summed E-state index contributed by atoms with van der Waals surface area (Å²) < 4.78 is 10.3. The highest BCUT2D eigenvalue weighted by Crippen LogP contribution is 2.29. The molecular formula is C30H32N2O3. The summed E-state index contributed by atoms with van der Waals surface area (Å²) in [5.41, 5.74) is 5.22. The minimum Gasteiger partial charge on any atom is -0.496 e. The molecule has 4 aromatic rings. The zero-order chi connectivity index (χ0) is 24.9. The quantitative estimate of drug-likeness (QED) is 0.270. The molecule has 0 saturated carbocycles. The Morgan fingerprint density at radius 1 is 0.943 bits per heavy atom. The maximum absolute atomic E-state index is 12.0. The van der Waals surface area contributed by atoms with Gasteiger partial charge in [-0.05, 0) is 76.9 Å². The van der Waals surface area contributed by atoms with Crippen molar-refractivity contribution in [3.8, 4) is 16.9 Å². The van der Waals surface area contributed by atoms with Crippen LogP contribution in [-0.4, -0.2) is 31.7 Å². The highest BCUT2D eigenvalue weighted by molar-refractivity contribution is 5.98. The summed E-state index contributed by atoms with van der Waals surface area (Å²) in [6.45, 7) is 8.09. The number of anilines is 1. The van der Waals surface area contributed by atoms with E-state index in [1.54, 1.807) is 19.4 Å². The maximum Gasteiger partial charge on any atom is 0.337 e. The zero-order valence-electron chi connectivity index (χ0n) is 21.0. The SMILES string of the molecule is COC(=O)c1ccc2c(N(Cc3ccc(-c4ccc(OC)c(C)c4)cc3)CC(C)C)nccc2c1. The van der Waals surface area contributed by atoms with Crippen molar-refractivity contribution in [2.24, 2.45) is 5.92 Å². The molecule has 0 unspecified atom stereocenters. The summed E-state index contributed by atoms with van der Waals surface area (Å²) in [6, 6.07) is 22.5. The average molecular weight is 469 g/mol. The first-order chi connectivity index (χ1) is 16.9. The highest BCUT2D eigenvalue weighted by Gasteiger charge is 2.16. The highest BCUT2D eigenvalue weighted by atomic mass is 16.5. The molecule has 1 aromatic heterocycles. The fraction of sp³-hybridized carbons (Fsp3) is 0.267. The van der Waals surface area contributed by atoms with Crippen LogP contribution in [0.4, 0.5) is 5.82 Å². The van der Waals surface area contributed by atoms with Gasteiger partial charge in [-0.15, -0.1) is 0 Å². The van der Waals surface area contributed by atoms with E-state index in [1.165, 1.54) is 23.8 Å². The van der Waals surface area contributed by atoms with Gasteiger partial charge in [0, 0.05) is 24.7 Å². The number of aromatic nitrogens is 1. The predicted molar refractivity (Wildman–Crippen MR) is 142 cm³/mol. The smallest absolute Gasteiger partial charge is 0.337 e. The molecule has 0 aliphatic rings. The van der Waals surface area contributed by atoms with Crippen LogP contribution in [0.25, 0.3) is 21.9 Å². The molecule has 0 radical (unpaired) electrons. The number of fused-ring (bicyclic) bond motifs is 1. The van der Waals surface area contributed by atoms with Gasteiger partial charge in [0.05, 0.1) is 19.8 Å². The molecule has 0 amide bonds. The van der Waals surface area contributed by atoms with Crippen molar-refractivity contribution in [1.82, 2.24) is 4.98 Å². The molecule has 0 aliphatic heterocycles. The van der Waals surface area contributed by atoms with E-state index in [4.69, 9.17) is 14.5 Å². The van der Waals surface area contributed by atoms with Crippen LogP contribution in [-0.2, 0) is 11.3 Å². The van der Waals surface area contributed by atoms with Crippen LogP contribution in [0.15, 0.2) is 72.9 Å². The number of carbonyl (C=O) groups is 1. The molecule has 0 saturated heterocycles. The number of aryl methyl sites for hydroxylation is 1. The zero-order valence-corrected chi connectivity index (χ0v) is 21.0. The van der Waals surface area contributed by atoms with E-state index in [9.17, 15) is 4.79 Å². The molecule has 180 valence electrons. The molecule has 0 fully saturated rings. The summed E-state index contributed by atoms with van der Waals surface area (Å²) in [5, 5.41) is 1.99. The van der Waals surface area contributed by atoms with E-state index in [0.29, 0.717) is 11.5 Å².